The van der Waals surface area contributed by atoms with Gasteiger partial charge in [-0.1, -0.05) is 27.5 Å². The molecule has 7 heteroatoms. The van der Waals surface area contributed by atoms with Gasteiger partial charge in [0.25, 0.3) is 5.91 Å². The number of amides is 1. The molecule has 2 aromatic rings. The van der Waals surface area contributed by atoms with E-state index in [1.54, 1.807) is 0 Å². The molecule has 2 aromatic carbocycles. The van der Waals surface area contributed by atoms with Crippen molar-refractivity contribution in [3.63, 3.8) is 0 Å². The summed E-state index contributed by atoms with van der Waals surface area (Å²) in [5.74, 6) is -3.61. The number of benzene rings is 2. The summed E-state index contributed by atoms with van der Waals surface area (Å²) >= 11 is 8.44. The van der Waals surface area contributed by atoms with E-state index >= 15 is 0 Å². The van der Waals surface area contributed by atoms with E-state index in [0.29, 0.717) is 16.6 Å². The maximum Gasteiger partial charge on any atom is 0.258 e. The molecule has 1 amide bonds. The lowest BCUT2D eigenvalue weighted by Crippen LogP contribution is -2.15. The van der Waals surface area contributed by atoms with Crippen molar-refractivity contribution in [2.24, 2.45) is 0 Å². The lowest BCUT2D eigenvalue weighted by atomic mass is 10.2. The van der Waals surface area contributed by atoms with Crippen molar-refractivity contribution in [1.82, 2.24) is 0 Å². The van der Waals surface area contributed by atoms with Crippen LogP contribution in [0.4, 0.5) is 18.9 Å². The zero-order valence-electron chi connectivity index (χ0n) is 9.68. The Balaban J connectivity index is 2.31. The van der Waals surface area contributed by atoms with Crippen molar-refractivity contribution in [3.8, 4) is 0 Å². The number of carbonyl (C=O) groups excluding carboxylic acids is 1. The zero-order chi connectivity index (χ0) is 14.9. The Morgan fingerprint density at radius 1 is 1.05 bits per heavy atom. The zero-order valence-corrected chi connectivity index (χ0v) is 12.0. The van der Waals surface area contributed by atoms with Gasteiger partial charge in [0, 0.05) is 4.47 Å². The molecule has 104 valence electrons. The minimum atomic E-state index is -0.994. The normalized spacial score (nSPS) is 10.4. The first kappa shape index (κ1) is 14.9. The molecule has 0 fully saturated rings. The molecule has 0 saturated heterocycles. The van der Waals surface area contributed by atoms with Gasteiger partial charge in [-0.05, 0) is 30.3 Å². The van der Waals surface area contributed by atoms with Crippen LogP contribution in [0.15, 0.2) is 34.8 Å². The number of halogens is 5. The van der Waals surface area contributed by atoms with E-state index in [4.69, 9.17) is 11.6 Å². The lowest BCUT2D eigenvalue weighted by Gasteiger charge is -2.08. The van der Waals surface area contributed by atoms with Crippen LogP contribution in [0.3, 0.4) is 0 Å². The second-order valence-corrected chi connectivity index (χ2v) is 5.15. The fraction of sp³-hybridized carbons (Fsp3) is 0. The van der Waals surface area contributed by atoms with Gasteiger partial charge in [-0.2, -0.15) is 0 Å². The highest BCUT2D eigenvalue weighted by Crippen LogP contribution is 2.22. The van der Waals surface area contributed by atoms with E-state index in [1.165, 1.54) is 12.1 Å². The van der Waals surface area contributed by atoms with Gasteiger partial charge < -0.3 is 5.32 Å². The molecule has 0 aliphatic carbocycles. The smallest absolute Gasteiger partial charge is 0.258 e. The average Bonchev–Trinajstić information content (AvgIpc) is 2.37. The summed E-state index contributed by atoms with van der Waals surface area (Å²) < 4.78 is 40.8. The molecule has 1 N–H and O–H groups in total. The van der Waals surface area contributed by atoms with E-state index in [-0.39, 0.29) is 5.69 Å². The molecule has 0 atom stereocenters. The summed E-state index contributed by atoms with van der Waals surface area (Å²) in [5, 5.41) is 1.72. The van der Waals surface area contributed by atoms with Crippen LogP contribution in [0.1, 0.15) is 10.4 Å². The molecule has 0 radical (unpaired) electrons. The van der Waals surface area contributed by atoms with Gasteiger partial charge >= 0.3 is 0 Å². The largest absolute Gasteiger partial charge is 0.319 e. The van der Waals surface area contributed by atoms with Crippen LogP contribution in [0.25, 0.3) is 0 Å². The van der Waals surface area contributed by atoms with E-state index in [0.717, 1.165) is 6.07 Å². The maximum absolute atomic E-state index is 13.5. The number of hydrogen-bond acceptors (Lipinski definition) is 1. The van der Waals surface area contributed by atoms with Gasteiger partial charge in [0.15, 0.2) is 0 Å². The summed E-state index contributed by atoms with van der Waals surface area (Å²) in [7, 11) is 0. The van der Waals surface area contributed by atoms with Gasteiger partial charge in [-0.25, -0.2) is 13.2 Å². The first-order chi connectivity index (χ1) is 9.38. The Morgan fingerprint density at radius 2 is 1.75 bits per heavy atom. The third kappa shape index (κ3) is 3.13. The molecule has 2 rings (SSSR count). The Kier molecular flexibility index (Phi) is 4.35. The number of hydrogen-bond donors (Lipinski definition) is 1. The van der Waals surface area contributed by atoms with Crippen molar-refractivity contribution in [2.75, 3.05) is 5.32 Å². The van der Waals surface area contributed by atoms with Crippen LogP contribution >= 0.6 is 27.5 Å². The van der Waals surface area contributed by atoms with Crippen LogP contribution in [0.5, 0.6) is 0 Å². The van der Waals surface area contributed by atoms with Gasteiger partial charge in [0.2, 0.25) is 0 Å². The predicted octanol–water partition coefficient (Wildman–Crippen LogP) is 4.77. The topological polar surface area (TPSA) is 29.1 Å². The van der Waals surface area contributed by atoms with Crippen molar-refractivity contribution >= 4 is 39.1 Å². The van der Waals surface area contributed by atoms with Crippen molar-refractivity contribution < 1.29 is 18.0 Å². The third-order valence-corrected chi connectivity index (χ3v) is 3.22. The number of carbonyl (C=O) groups is 1. The highest BCUT2D eigenvalue weighted by atomic mass is 79.9. The summed E-state index contributed by atoms with van der Waals surface area (Å²) in [6.45, 7) is 0. The molecular weight excluding hydrogens is 359 g/mol. The molecule has 0 aliphatic heterocycles. The first-order valence-electron chi connectivity index (χ1n) is 5.29. The number of rotatable bonds is 2. The molecule has 0 spiro atoms. The van der Waals surface area contributed by atoms with Crippen LogP contribution < -0.4 is 5.32 Å². The van der Waals surface area contributed by atoms with Gasteiger partial charge in [-0.15, -0.1) is 0 Å². The van der Waals surface area contributed by atoms with Crippen LogP contribution in [-0.2, 0) is 0 Å². The number of nitrogens with one attached hydrogen (secondary N) is 1. The molecule has 20 heavy (non-hydrogen) atoms. The summed E-state index contributed by atoms with van der Waals surface area (Å²) in [6, 6.07) is 5.26. The van der Waals surface area contributed by atoms with E-state index in [1.807, 2.05) is 0 Å². The molecule has 0 heterocycles. The minimum absolute atomic E-state index is 0.145. The van der Waals surface area contributed by atoms with Gasteiger partial charge in [0.05, 0.1) is 16.3 Å². The number of anilines is 1. The Labute approximate surface area is 125 Å². The maximum atomic E-state index is 13.5. The van der Waals surface area contributed by atoms with Crippen LogP contribution in [0.2, 0.25) is 5.02 Å². The standard InChI is InChI=1S/C13H6BrClF3NO/c14-6-1-2-12(11(18)3-6)19-13(20)7-4-10(17)8(15)5-9(7)16/h1-5H,(H,19,20). The molecular formula is C13H6BrClF3NO. The third-order valence-electron chi connectivity index (χ3n) is 2.43. The Morgan fingerprint density at radius 3 is 2.40 bits per heavy atom. The molecule has 0 aliphatic rings. The fourth-order valence-corrected chi connectivity index (χ4v) is 1.96. The van der Waals surface area contributed by atoms with Gasteiger partial charge in [-0.3, -0.25) is 4.79 Å². The SMILES string of the molecule is O=C(Nc1ccc(Br)cc1F)c1cc(F)c(Cl)cc1F. The Bertz CT molecular complexity index is 694. The highest BCUT2D eigenvalue weighted by Gasteiger charge is 2.17. The second kappa shape index (κ2) is 5.85. The molecule has 0 unspecified atom stereocenters. The highest BCUT2D eigenvalue weighted by molar-refractivity contribution is 9.10. The summed E-state index contributed by atoms with van der Waals surface area (Å²) in [5.41, 5.74) is -0.706. The summed E-state index contributed by atoms with van der Waals surface area (Å²) in [6.07, 6.45) is 0. The predicted molar refractivity (Wildman–Crippen MR) is 73.4 cm³/mol. The van der Waals surface area contributed by atoms with Crippen LogP contribution in [-0.4, -0.2) is 5.91 Å². The monoisotopic (exact) mass is 363 g/mol. The molecule has 2 nitrogen and oxygen atoms in total. The quantitative estimate of drug-likeness (QED) is 0.764. The van der Waals surface area contributed by atoms with E-state index in [9.17, 15) is 18.0 Å². The van der Waals surface area contributed by atoms with Crippen molar-refractivity contribution in [2.45, 2.75) is 0 Å². The Hall–Kier alpha value is -1.53. The van der Waals surface area contributed by atoms with Crippen LogP contribution in [0, 0.1) is 17.5 Å². The van der Waals surface area contributed by atoms with Crippen molar-refractivity contribution in [3.05, 3.63) is 62.8 Å². The van der Waals surface area contributed by atoms with E-state index in [2.05, 4.69) is 21.2 Å². The summed E-state index contributed by atoms with van der Waals surface area (Å²) in [4.78, 5) is 11.8. The lowest BCUT2D eigenvalue weighted by molar-refractivity contribution is 0.102. The molecule has 0 bridgehead atoms. The fourth-order valence-electron chi connectivity index (χ4n) is 1.48. The second-order valence-electron chi connectivity index (χ2n) is 3.82. The van der Waals surface area contributed by atoms with E-state index < -0.39 is 33.9 Å². The average molecular weight is 365 g/mol. The minimum Gasteiger partial charge on any atom is -0.319 e. The molecule has 0 saturated carbocycles. The van der Waals surface area contributed by atoms with Crippen molar-refractivity contribution in [1.29, 1.82) is 0 Å². The first-order valence-corrected chi connectivity index (χ1v) is 6.46. The van der Waals surface area contributed by atoms with Gasteiger partial charge in [0.1, 0.15) is 17.5 Å². The molecule has 0 aromatic heterocycles.